The topological polar surface area (TPSA) is 49.4 Å². The predicted molar refractivity (Wildman–Crippen MR) is 93.3 cm³/mol. The summed E-state index contributed by atoms with van der Waals surface area (Å²) >= 11 is 11.9. The molecule has 0 saturated heterocycles. The third-order valence-electron chi connectivity index (χ3n) is 3.57. The zero-order valence-corrected chi connectivity index (χ0v) is 15.6. The second kappa shape index (κ2) is 9.08. The number of benzene rings is 1. The Hall–Kier alpha value is -0.330. The van der Waals surface area contributed by atoms with Crippen molar-refractivity contribution in [3.63, 3.8) is 0 Å². The third-order valence-corrected chi connectivity index (χ3v) is 6.13. The molecular weight excluding hydrogens is 343 g/mol. The van der Waals surface area contributed by atoms with E-state index in [2.05, 4.69) is 23.5 Å². The quantitative estimate of drug-likeness (QED) is 0.723. The zero-order chi connectivity index (χ0) is 16.8. The molecule has 0 amide bonds. The average Bonchev–Trinajstić information content (AvgIpc) is 2.45. The van der Waals surface area contributed by atoms with Crippen molar-refractivity contribution in [3.05, 3.63) is 28.2 Å². The van der Waals surface area contributed by atoms with E-state index in [9.17, 15) is 8.42 Å². The summed E-state index contributed by atoms with van der Waals surface area (Å²) in [7, 11) is -3.65. The molecule has 0 aliphatic rings. The molecule has 0 bridgehead atoms. The Morgan fingerprint density at radius 3 is 2.45 bits per heavy atom. The van der Waals surface area contributed by atoms with Crippen LogP contribution in [0.3, 0.4) is 0 Å². The molecular formula is C15H24Cl2N2O2S. The van der Waals surface area contributed by atoms with Gasteiger partial charge < -0.3 is 4.90 Å². The van der Waals surface area contributed by atoms with Crippen molar-refractivity contribution in [2.24, 2.45) is 0 Å². The minimum absolute atomic E-state index is 0.0252. The van der Waals surface area contributed by atoms with Crippen LogP contribution in [0.2, 0.25) is 10.0 Å². The van der Waals surface area contributed by atoms with E-state index >= 15 is 0 Å². The van der Waals surface area contributed by atoms with E-state index in [-0.39, 0.29) is 21.0 Å². The molecule has 4 nitrogen and oxygen atoms in total. The minimum atomic E-state index is -3.65. The normalized spacial score (nSPS) is 13.5. The highest BCUT2D eigenvalue weighted by atomic mass is 35.5. The number of hydrogen-bond donors (Lipinski definition) is 1. The minimum Gasteiger partial charge on any atom is -0.304 e. The van der Waals surface area contributed by atoms with Crippen LogP contribution < -0.4 is 4.72 Å². The molecule has 1 N–H and O–H groups in total. The summed E-state index contributed by atoms with van der Waals surface area (Å²) in [5.41, 5.74) is 0. The zero-order valence-electron chi connectivity index (χ0n) is 13.3. The SMILES string of the molecule is CCN(CC)CCC[C@H](C)NS(=O)(=O)c1cccc(Cl)c1Cl. The molecule has 126 valence electrons. The van der Waals surface area contributed by atoms with E-state index in [0.717, 1.165) is 32.5 Å². The summed E-state index contributed by atoms with van der Waals surface area (Å²) in [6.45, 7) is 9.09. The van der Waals surface area contributed by atoms with Crippen LogP contribution in [0.25, 0.3) is 0 Å². The lowest BCUT2D eigenvalue weighted by molar-refractivity contribution is 0.293. The van der Waals surface area contributed by atoms with Gasteiger partial charge in [0.2, 0.25) is 10.0 Å². The molecule has 0 radical (unpaired) electrons. The average molecular weight is 367 g/mol. The van der Waals surface area contributed by atoms with Gasteiger partial charge in [-0.05, 0) is 51.5 Å². The Morgan fingerprint density at radius 1 is 1.23 bits per heavy atom. The molecule has 0 aliphatic heterocycles. The van der Waals surface area contributed by atoms with Crippen molar-refractivity contribution >= 4 is 33.2 Å². The Kier molecular flexibility index (Phi) is 8.14. The molecule has 0 aliphatic carbocycles. The van der Waals surface area contributed by atoms with Gasteiger partial charge in [0, 0.05) is 6.04 Å². The summed E-state index contributed by atoms with van der Waals surface area (Å²) in [4.78, 5) is 2.34. The van der Waals surface area contributed by atoms with Crippen LogP contribution in [0, 0.1) is 0 Å². The Morgan fingerprint density at radius 2 is 1.86 bits per heavy atom. The highest BCUT2D eigenvalue weighted by molar-refractivity contribution is 7.89. The van der Waals surface area contributed by atoms with Crippen molar-refractivity contribution in [1.82, 2.24) is 9.62 Å². The van der Waals surface area contributed by atoms with Crippen molar-refractivity contribution in [1.29, 1.82) is 0 Å². The first kappa shape index (κ1) is 19.7. The summed E-state index contributed by atoms with van der Waals surface area (Å²) < 4.78 is 27.4. The van der Waals surface area contributed by atoms with Gasteiger partial charge in [0.25, 0.3) is 0 Å². The first-order chi connectivity index (χ1) is 10.3. The van der Waals surface area contributed by atoms with Crippen molar-refractivity contribution in [3.8, 4) is 0 Å². The summed E-state index contributed by atoms with van der Waals surface area (Å²) in [6, 6.07) is 4.44. The Balaban J connectivity index is 2.63. The number of hydrogen-bond acceptors (Lipinski definition) is 3. The van der Waals surface area contributed by atoms with Crippen LogP contribution in [-0.4, -0.2) is 39.0 Å². The molecule has 1 aromatic rings. The van der Waals surface area contributed by atoms with E-state index in [1.807, 2.05) is 6.92 Å². The fraction of sp³-hybridized carbons (Fsp3) is 0.600. The number of rotatable bonds is 9. The van der Waals surface area contributed by atoms with Gasteiger partial charge >= 0.3 is 0 Å². The van der Waals surface area contributed by atoms with Gasteiger partial charge in [0.1, 0.15) is 4.90 Å². The van der Waals surface area contributed by atoms with Crippen LogP contribution in [0.5, 0.6) is 0 Å². The van der Waals surface area contributed by atoms with Gasteiger partial charge in [-0.25, -0.2) is 13.1 Å². The maximum absolute atomic E-state index is 12.4. The van der Waals surface area contributed by atoms with Crippen LogP contribution in [0.4, 0.5) is 0 Å². The fourth-order valence-electron chi connectivity index (χ4n) is 2.24. The number of nitrogens with zero attached hydrogens (tertiary/aromatic N) is 1. The highest BCUT2D eigenvalue weighted by Gasteiger charge is 2.21. The van der Waals surface area contributed by atoms with Crippen LogP contribution in [-0.2, 0) is 10.0 Å². The van der Waals surface area contributed by atoms with Gasteiger partial charge in [0.05, 0.1) is 10.0 Å². The molecule has 0 spiro atoms. The molecule has 0 aromatic heterocycles. The lowest BCUT2D eigenvalue weighted by atomic mass is 10.2. The molecule has 1 rings (SSSR count). The maximum atomic E-state index is 12.4. The van der Waals surface area contributed by atoms with E-state index in [1.165, 1.54) is 6.07 Å². The lowest BCUT2D eigenvalue weighted by Gasteiger charge is -2.20. The Labute approximate surface area is 143 Å². The monoisotopic (exact) mass is 366 g/mol. The van der Waals surface area contributed by atoms with Crippen LogP contribution in [0.1, 0.15) is 33.6 Å². The molecule has 0 saturated carbocycles. The van der Waals surface area contributed by atoms with E-state index in [4.69, 9.17) is 23.2 Å². The summed E-state index contributed by atoms with van der Waals surface area (Å²) in [5.74, 6) is 0. The first-order valence-electron chi connectivity index (χ1n) is 7.50. The van der Waals surface area contributed by atoms with Gasteiger partial charge in [-0.15, -0.1) is 0 Å². The van der Waals surface area contributed by atoms with Crippen molar-refractivity contribution in [2.75, 3.05) is 19.6 Å². The van der Waals surface area contributed by atoms with Gasteiger partial charge in [-0.2, -0.15) is 0 Å². The molecule has 0 fully saturated rings. The third kappa shape index (κ3) is 5.70. The summed E-state index contributed by atoms with van der Waals surface area (Å²) in [6.07, 6.45) is 1.71. The fourth-order valence-corrected chi connectivity index (χ4v) is 4.28. The second-order valence-electron chi connectivity index (χ2n) is 5.24. The van der Waals surface area contributed by atoms with E-state index < -0.39 is 10.0 Å². The first-order valence-corrected chi connectivity index (χ1v) is 9.74. The van der Waals surface area contributed by atoms with Gasteiger partial charge in [-0.1, -0.05) is 43.1 Å². The standard InChI is InChI=1S/C15H24Cl2N2O2S/c1-4-19(5-2)11-7-8-12(3)18-22(20,21)14-10-6-9-13(16)15(14)17/h6,9-10,12,18H,4-5,7-8,11H2,1-3H3/t12-/m0/s1. The number of nitrogens with one attached hydrogen (secondary N) is 1. The van der Waals surface area contributed by atoms with Crippen molar-refractivity contribution in [2.45, 2.75) is 44.6 Å². The van der Waals surface area contributed by atoms with E-state index in [0.29, 0.717) is 0 Å². The predicted octanol–water partition coefficient (Wildman–Crippen LogP) is 3.78. The largest absolute Gasteiger partial charge is 0.304 e. The smallest absolute Gasteiger partial charge is 0.242 e. The molecule has 0 heterocycles. The lowest BCUT2D eigenvalue weighted by Crippen LogP contribution is -2.33. The second-order valence-corrected chi connectivity index (χ2v) is 7.71. The maximum Gasteiger partial charge on any atom is 0.242 e. The molecule has 22 heavy (non-hydrogen) atoms. The van der Waals surface area contributed by atoms with Crippen LogP contribution >= 0.6 is 23.2 Å². The molecule has 1 atom stereocenters. The summed E-state index contributed by atoms with van der Waals surface area (Å²) in [5, 5.41) is 0.297. The van der Waals surface area contributed by atoms with Gasteiger partial charge in [0.15, 0.2) is 0 Å². The van der Waals surface area contributed by atoms with Crippen LogP contribution in [0.15, 0.2) is 23.1 Å². The molecule has 0 unspecified atom stereocenters. The van der Waals surface area contributed by atoms with E-state index in [1.54, 1.807) is 12.1 Å². The molecule has 1 aromatic carbocycles. The Bertz CT molecular complexity index is 575. The van der Waals surface area contributed by atoms with Gasteiger partial charge in [-0.3, -0.25) is 0 Å². The number of sulfonamides is 1. The number of halogens is 2. The molecule has 7 heteroatoms. The highest BCUT2D eigenvalue weighted by Crippen LogP contribution is 2.28. The van der Waals surface area contributed by atoms with Crippen molar-refractivity contribution < 1.29 is 8.42 Å².